The van der Waals surface area contributed by atoms with Crippen LogP contribution in [0.5, 0.6) is 0 Å². The summed E-state index contributed by atoms with van der Waals surface area (Å²) in [6.45, 7) is 0.904. The van der Waals surface area contributed by atoms with Crippen molar-refractivity contribution in [3.8, 4) is 0 Å². The number of halogens is 2. The van der Waals surface area contributed by atoms with E-state index in [0.717, 1.165) is 6.42 Å². The van der Waals surface area contributed by atoms with E-state index in [4.69, 9.17) is 4.74 Å². The highest BCUT2D eigenvalue weighted by molar-refractivity contribution is 4.64. The maximum absolute atomic E-state index is 11.8. The third-order valence-electron chi connectivity index (χ3n) is 1.55. The molecule has 1 heterocycles. The summed E-state index contributed by atoms with van der Waals surface area (Å²) < 4.78 is 28.5. The Hall–Kier alpha value is -0.180. The van der Waals surface area contributed by atoms with Gasteiger partial charge in [0.2, 0.25) is 6.43 Å². The standard InChI is InChI=1S/C6H10F2O/c7-6(8)5-2-1-3-9-4-5/h5-6H,1-4H2. The molecule has 1 aliphatic heterocycles. The van der Waals surface area contributed by atoms with Gasteiger partial charge in [-0.1, -0.05) is 0 Å². The maximum atomic E-state index is 11.8. The molecule has 1 fully saturated rings. The zero-order valence-corrected chi connectivity index (χ0v) is 5.15. The van der Waals surface area contributed by atoms with Gasteiger partial charge in [-0.3, -0.25) is 0 Å². The summed E-state index contributed by atoms with van der Waals surface area (Å²) in [5.74, 6) is -0.501. The molecular weight excluding hydrogens is 126 g/mol. The molecule has 0 aromatic carbocycles. The Morgan fingerprint density at radius 2 is 2.22 bits per heavy atom. The number of hydrogen-bond acceptors (Lipinski definition) is 1. The molecule has 0 saturated carbocycles. The van der Waals surface area contributed by atoms with Gasteiger partial charge in [0.25, 0.3) is 0 Å². The zero-order valence-electron chi connectivity index (χ0n) is 5.15. The molecule has 0 aromatic heterocycles. The van der Waals surface area contributed by atoms with E-state index in [-0.39, 0.29) is 6.61 Å². The second-order valence-corrected chi connectivity index (χ2v) is 2.31. The Morgan fingerprint density at radius 3 is 2.56 bits per heavy atom. The van der Waals surface area contributed by atoms with Crippen LogP contribution in [0.15, 0.2) is 0 Å². The van der Waals surface area contributed by atoms with Crippen molar-refractivity contribution < 1.29 is 13.5 Å². The minimum Gasteiger partial charge on any atom is -0.381 e. The third kappa shape index (κ3) is 1.90. The van der Waals surface area contributed by atoms with Crippen LogP contribution in [0.4, 0.5) is 8.78 Å². The lowest BCUT2D eigenvalue weighted by atomic mass is 10.0. The van der Waals surface area contributed by atoms with Crippen molar-refractivity contribution in [2.24, 2.45) is 5.92 Å². The van der Waals surface area contributed by atoms with E-state index in [1.54, 1.807) is 0 Å². The Labute approximate surface area is 53.0 Å². The molecule has 54 valence electrons. The summed E-state index contributed by atoms with van der Waals surface area (Å²) in [6, 6.07) is 0. The Morgan fingerprint density at radius 1 is 1.44 bits per heavy atom. The van der Waals surface area contributed by atoms with Crippen LogP contribution in [0.3, 0.4) is 0 Å². The van der Waals surface area contributed by atoms with Crippen LogP contribution >= 0.6 is 0 Å². The van der Waals surface area contributed by atoms with Gasteiger partial charge in [0.15, 0.2) is 0 Å². The number of rotatable bonds is 1. The molecular formula is C6H10F2O. The fourth-order valence-electron chi connectivity index (χ4n) is 0.964. The molecule has 0 bridgehead atoms. The highest BCUT2D eigenvalue weighted by Gasteiger charge is 2.22. The molecule has 1 nitrogen and oxygen atoms in total. The first-order valence-electron chi connectivity index (χ1n) is 3.16. The summed E-state index contributed by atoms with van der Waals surface area (Å²) >= 11 is 0. The van der Waals surface area contributed by atoms with Crippen LogP contribution in [0.1, 0.15) is 12.8 Å². The molecule has 1 saturated heterocycles. The van der Waals surface area contributed by atoms with Crippen LogP contribution in [-0.4, -0.2) is 19.6 Å². The lowest BCUT2D eigenvalue weighted by Crippen LogP contribution is -2.23. The minimum absolute atomic E-state index is 0.248. The fraction of sp³-hybridized carbons (Fsp3) is 1.00. The van der Waals surface area contributed by atoms with Crippen LogP contribution in [0.2, 0.25) is 0 Å². The molecule has 0 spiro atoms. The van der Waals surface area contributed by atoms with Crippen LogP contribution < -0.4 is 0 Å². The van der Waals surface area contributed by atoms with Gasteiger partial charge in [-0.05, 0) is 12.8 Å². The minimum atomic E-state index is -2.19. The summed E-state index contributed by atoms with van der Waals surface area (Å²) in [5.41, 5.74) is 0. The van der Waals surface area contributed by atoms with E-state index in [0.29, 0.717) is 13.0 Å². The SMILES string of the molecule is FC(F)C1CCCOC1. The molecule has 0 aromatic rings. The highest BCUT2D eigenvalue weighted by atomic mass is 19.3. The second-order valence-electron chi connectivity index (χ2n) is 2.31. The van der Waals surface area contributed by atoms with E-state index < -0.39 is 12.3 Å². The van der Waals surface area contributed by atoms with Crippen molar-refractivity contribution in [1.29, 1.82) is 0 Å². The van der Waals surface area contributed by atoms with E-state index in [1.807, 2.05) is 0 Å². The summed E-state index contributed by atoms with van der Waals surface area (Å²) in [7, 11) is 0. The summed E-state index contributed by atoms with van der Waals surface area (Å²) in [5, 5.41) is 0. The van der Waals surface area contributed by atoms with E-state index >= 15 is 0 Å². The van der Waals surface area contributed by atoms with Gasteiger partial charge in [-0.15, -0.1) is 0 Å². The molecule has 0 amide bonds. The lowest BCUT2D eigenvalue weighted by Gasteiger charge is -2.20. The van der Waals surface area contributed by atoms with Crippen LogP contribution in [-0.2, 0) is 4.74 Å². The summed E-state index contributed by atoms with van der Waals surface area (Å²) in [6.07, 6.45) is -0.780. The average molecular weight is 136 g/mol. The topological polar surface area (TPSA) is 9.23 Å². The van der Waals surface area contributed by atoms with Gasteiger partial charge in [-0.25, -0.2) is 8.78 Å². The fourth-order valence-corrected chi connectivity index (χ4v) is 0.964. The van der Waals surface area contributed by atoms with Crippen molar-refractivity contribution in [2.45, 2.75) is 19.3 Å². The zero-order chi connectivity index (χ0) is 6.69. The van der Waals surface area contributed by atoms with E-state index in [1.165, 1.54) is 0 Å². The second kappa shape index (κ2) is 3.11. The van der Waals surface area contributed by atoms with Crippen molar-refractivity contribution in [1.82, 2.24) is 0 Å². The van der Waals surface area contributed by atoms with Crippen LogP contribution in [0, 0.1) is 5.92 Å². The van der Waals surface area contributed by atoms with Crippen LogP contribution in [0.25, 0.3) is 0 Å². The quantitative estimate of drug-likeness (QED) is 0.533. The molecule has 3 heteroatoms. The van der Waals surface area contributed by atoms with Crippen molar-refractivity contribution >= 4 is 0 Å². The van der Waals surface area contributed by atoms with Crippen molar-refractivity contribution in [3.05, 3.63) is 0 Å². The highest BCUT2D eigenvalue weighted by Crippen LogP contribution is 2.19. The monoisotopic (exact) mass is 136 g/mol. The first-order valence-corrected chi connectivity index (χ1v) is 3.16. The van der Waals surface area contributed by atoms with Gasteiger partial charge in [0, 0.05) is 12.5 Å². The Kier molecular flexibility index (Phi) is 2.39. The smallest absolute Gasteiger partial charge is 0.243 e. The lowest BCUT2D eigenvalue weighted by molar-refractivity contribution is -0.0247. The first-order chi connectivity index (χ1) is 4.30. The van der Waals surface area contributed by atoms with E-state index in [9.17, 15) is 8.78 Å². The molecule has 0 N–H and O–H groups in total. The maximum Gasteiger partial charge on any atom is 0.243 e. The first kappa shape index (κ1) is 6.93. The van der Waals surface area contributed by atoms with Gasteiger partial charge >= 0.3 is 0 Å². The van der Waals surface area contributed by atoms with Gasteiger partial charge in [0.05, 0.1) is 6.61 Å². The normalized spacial score (nSPS) is 29.0. The number of alkyl halides is 2. The molecule has 1 atom stereocenters. The molecule has 0 aliphatic carbocycles. The molecule has 1 unspecified atom stereocenters. The molecule has 1 aliphatic rings. The molecule has 9 heavy (non-hydrogen) atoms. The number of hydrogen-bond donors (Lipinski definition) is 0. The third-order valence-corrected chi connectivity index (χ3v) is 1.55. The van der Waals surface area contributed by atoms with E-state index in [2.05, 4.69) is 0 Å². The molecule has 0 radical (unpaired) electrons. The van der Waals surface area contributed by atoms with Crippen molar-refractivity contribution in [2.75, 3.05) is 13.2 Å². The van der Waals surface area contributed by atoms with Crippen molar-refractivity contribution in [3.63, 3.8) is 0 Å². The number of ether oxygens (including phenoxy) is 1. The van der Waals surface area contributed by atoms with Gasteiger partial charge in [-0.2, -0.15) is 0 Å². The van der Waals surface area contributed by atoms with Gasteiger partial charge in [0.1, 0.15) is 0 Å². The predicted octanol–water partition coefficient (Wildman–Crippen LogP) is 1.68. The Bertz CT molecular complexity index is 79.1. The average Bonchev–Trinajstić information content (AvgIpc) is 1.90. The molecule has 1 rings (SSSR count). The summed E-state index contributed by atoms with van der Waals surface area (Å²) in [4.78, 5) is 0. The largest absolute Gasteiger partial charge is 0.381 e. The predicted molar refractivity (Wildman–Crippen MR) is 29.5 cm³/mol. The Balaban J connectivity index is 2.23. The van der Waals surface area contributed by atoms with Gasteiger partial charge < -0.3 is 4.74 Å².